The van der Waals surface area contributed by atoms with Crippen molar-refractivity contribution < 1.29 is 29.3 Å². The summed E-state index contributed by atoms with van der Waals surface area (Å²) in [5.74, 6) is 0.829. The van der Waals surface area contributed by atoms with Gasteiger partial charge in [0.2, 0.25) is 5.91 Å². The van der Waals surface area contributed by atoms with Crippen LogP contribution in [0.2, 0.25) is 0 Å². The maximum Gasteiger partial charge on any atom is 0.405 e. The number of amides is 2. The van der Waals surface area contributed by atoms with Crippen molar-refractivity contribution in [2.24, 2.45) is 0 Å². The van der Waals surface area contributed by atoms with Crippen LogP contribution in [0, 0.1) is 0 Å². The lowest BCUT2D eigenvalue weighted by atomic mass is 9.94. The second kappa shape index (κ2) is 8.13. The maximum atomic E-state index is 12.5. The minimum atomic E-state index is -1.28. The first-order valence-electron chi connectivity index (χ1n) is 8.47. The lowest BCUT2D eigenvalue weighted by molar-refractivity contribution is -0.153. The van der Waals surface area contributed by atoms with Crippen LogP contribution in [0.4, 0.5) is 4.79 Å². The zero-order valence-electron chi connectivity index (χ0n) is 15.4. The van der Waals surface area contributed by atoms with Gasteiger partial charge < -0.3 is 29.9 Å². The van der Waals surface area contributed by atoms with E-state index in [0.717, 1.165) is 5.56 Å². The summed E-state index contributed by atoms with van der Waals surface area (Å²) in [6.07, 6.45) is 0.131. The molecule has 1 aliphatic heterocycles. The molecule has 2 amide bonds. The fourth-order valence-corrected chi connectivity index (χ4v) is 3.12. The van der Waals surface area contributed by atoms with Crippen molar-refractivity contribution in [2.75, 3.05) is 14.2 Å². The van der Waals surface area contributed by atoms with E-state index in [9.17, 15) is 9.59 Å². The lowest BCUT2D eigenvalue weighted by Crippen LogP contribution is -2.71. The highest BCUT2D eigenvalue weighted by Gasteiger charge is 2.48. The highest BCUT2D eigenvalue weighted by Crippen LogP contribution is 2.30. The molecule has 0 aliphatic carbocycles. The average Bonchev–Trinajstić information content (AvgIpc) is 3.16. The second-order valence-electron chi connectivity index (χ2n) is 6.19. The predicted molar refractivity (Wildman–Crippen MR) is 94.8 cm³/mol. The summed E-state index contributed by atoms with van der Waals surface area (Å²) in [5, 5.41) is 28.5. The number of rotatable bonds is 8. The van der Waals surface area contributed by atoms with Crippen LogP contribution in [0.25, 0.3) is 0 Å². The van der Waals surface area contributed by atoms with Crippen LogP contribution in [0.15, 0.2) is 24.4 Å². The Bertz CT molecular complexity index is 869. The molecule has 11 heteroatoms. The van der Waals surface area contributed by atoms with Crippen LogP contribution in [-0.2, 0) is 24.5 Å². The summed E-state index contributed by atoms with van der Waals surface area (Å²) in [6, 6.07) is 3.87. The number of hydrogen-bond acceptors (Lipinski definition) is 7. The molecule has 2 aromatic rings. The summed E-state index contributed by atoms with van der Waals surface area (Å²) in [5.41, 5.74) is 1.14. The number of benzene rings is 1. The van der Waals surface area contributed by atoms with E-state index < -0.39 is 18.2 Å². The Hall–Kier alpha value is -3.34. The first-order chi connectivity index (χ1) is 13.5. The highest BCUT2D eigenvalue weighted by atomic mass is 16.5. The molecule has 0 saturated carbocycles. The lowest BCUT2D eigenvalue weighted by Gasteiger charge is -2.46. The second-order valence-corrected chi connectivity index (χ2v) is 6.19. The van der Waals surface area contributed by atoms with E-state index in [2.05, 4.69) is 15.5 Å². The molecule has 11 nitrogen and oxygen atoms in total. The van der Waals surface area contributed by atoms with Crippen molar-refractivity contribution in [1.29, 1.82) is 0 Å². The zero-order chi connectivity index (χ0) is 20.3. The molecule has 1 saturated heterocycles. The van der Waals surface area contributed by atoms with Gasteiger partial charge in [0.1, 0.15) is 23.2 Å². The molecule has 3 N–H and O–H groups in total. The van der Waals surface area contributed by atoms with Gasteiger partial charge in [-0.1, -0.05) is 0 Å². The molecule has 28 heavy (non-hydrogen) atoms. The van der Waals surface area contributed by atoms with Crippen molar-refractivity contribution in [3.8, 4) is 11.5 Å². The highest BCUT2D eigenvalue weighted by molar-refractivity contribution is 5.92. The Morgan fingerprint density at radius 3 is 2.71 bits per heavy atom. The number of nitrogens with zero attached hydrogens (tertiary/aromatic N) is 4. The molecule has 1 aromatic carbocycles. The molecule has 150 valence electrons. The quantitative estimate of drug-likeness (QED) is 0.527. The summed E-state index contributed by atoms with van der Waals surface area (Å²) < 4.78 is 10.5. The number of aliphatic hydroxyl groups excluding tert-OH is 1. The van der Waals surface area contributed by atoms with Crippen LogP contribution < -0.4 is 14.8 Å². The maximum absolute atomic E-state index is 12.5. The summed E-state index contributed by atoms with van der Waals surface area (Å²) >= 11 is 0. The molecule has 0 unspecified atom stereocenters. The number of aromatic nitrogens is 3. The van der Waals surface area contributed by atoms with Gasteiger partial charge in [-0.2, -0.15) is 15.0 Å². The normalized spacial score (nSPS) is 18.5. The third-order valence-corrected chi connectivity index (χ3v) is 4.54. The fraction of sp³-hybridized carbons (Fsp3) is 0.412. The molecular weight excluding hydrogens is 370 g/mol. The predicted octanol–water partition coefficient (Wildman–Crippen LogP) is -0.165. The van der Waals surface area contributed by atoms with E-state index in [4.69, 9.17) is 19.7 Å². The number of methoxy groups -OCH3 is 2. The first-order valence-corrected chi connectivity index (χ1v) is 8.47. The molecule has 0 spiro atoms. The number of carbonyl (C=O) groups excluding carboxylic acids is 1. The summed E-state index contributed by atoms with van der Waals surface area (Å²) in [6.45, 7) is 0.144. The number of β-lactam (4-membered cyclic amide) rings is 1. The Morgan fingerprint density at radius 1 is 1.32 bits per heavy atom. The molecule has 3 rings (SSSR count). The molecule has 1 aromatic heterocycles. The van der Waals surface area contributed by atoms with Crippen molar-refractivity contribution in [3.05, 3.63) is 35.7 Å². The summed E-state index contributed by atoms with van der Waals surface area (Å²) in [4.78, 5) is 26.4. The molecule has 2 atom stereocenters. The van der Waals surface area contributed by atoms with E-state index in [0.29, 0.717) is 17.2 Å². The first kappa shape index (κ1) is 19.4. The van der Waals surface area contributed by atoms with Gasteiger partial charge in [0, 0.05) is 18.2 Å². The molecule has 1 aliphatic rings. The number of ether oxygens (including phenoxy) is 2. The Kier molecular flexibility index (Phi) is 5.64. The zero-order valence-corrected chi connectivity index (χ0v) is 15.4. The van der Waals surface area contributed by atoms with Gasteiger partial charge in [-0.05, 0) is 12.1 Å². The monoisotopic (exact) mass is 391 g/mol. The van der Waals surface area contributed by atoms with E-state index >= 15 is 0 Å². The Balaban J connectivity index is 1.81. The molecule has 2 heterocycles. The van der Waals surface area contributed by atoms with Gasteiger partial charge in [0.25, 0.3) is 0 Å². The van der Waals surface area contributed by atoms with Crippen molar-refractivity contribution in [3.63, 3.8) is 0 Å². The van der Waals surface area contributed by atoms with Crippen molar-refractivity contribution in [2.45, 2.75) is 31.8 Å². The van der Waals surface area contributed by atoms with Crippen molar-refractivity contribution >= 4 is 12.0 Å². The van der Waals surface area contributed by atoms with E-state index in [1.54, 1.807) is 25.3 Å². The Morgan fingerprint density at radius 2 is 2.11 bits per heavy atom. The third-order valence-electron chi connectivity index (χ3n) is 4.54. The van der Waals surface area contributed by atoms with Crippen LogP contribution in [0.1, 0.15) is 11.3 Å². The molecular formula is C17H21N5O6. The van der Waals surface area contributed by atoms with E-state index in [1.807, 2.05) is 0 Å². The standard InChI is InChI=1S/C17H21N5O6/c1-27-12-4-3-10(14(5-12)28-2)7-21-13(15(16(21)24)19-17(25)26)8-22-18-6-11(9-23)20-22/h3-6,13,15,19,23H,7-9H2,1-2H3,(H,25,26)/t13-,15-/m0/s1. The molecule has 0 bridgehead atoms. The van der Waals surface area contributed by atoms with Gasteiger partial charge in [-0.3, -0.25) is 4.79 Å². The minimum Gasteiger partial charge on any atom is -0.497 e. The smallest absolute Gasteiger partial charge is 0.405 e. The van der Waals surface area contributed by atoms with Gasteiger partial charge >= 0.3 is 6.09 Å². The third kappa shape index (κ3) is 3.83. The van der Waals surface area contributed by atoms with E-state index in [-0.39, 0.29) is 25.6 Å². The van der Waals surface area contributed by atoms with Crippen LogP contribution in [0.5, 0.6) is 11.5 Å². The average molecular weight is 391 g/mol. The fourth-order valence-electron chi connectivity index (χ4n) is 3.12. The van der Waals surface area contributed by atoms with Crippen LogP contribution >= 0.6 is 0 Å². The van der Waals surface area contributed by atoms with Crippen molar-refractivity contribution in [1.82, 2.24) is 25.2 Å². The van der Waals surface area contributed by atoms with Gasteiger partial charge in [-0.15, -0.1) is 0 Å². The molecule has 0 radical (unpaired) electrons. The number of likely N-dealkylation sites (tertiary alicyclic amines) is 1. The number of carboxylic acid groups (broad SMARTS) is 1. The van der Waals surface area contributed by atoms with E-state index in [1.165, 1.54) is 23.0 Å². The number of hydrogen-bond donors (Lipinski definition) is 3. The molecule has 1 fully saturated rings. The number of aliphatic hydroxyl groups is 1. The van der Waals surface area contributed by atoms with Gasteiger partial charge in [-0.25, -0.2) is 4.79 Å². The number of carbonyl (C=O) groups is 2. The minimum absolute atomic E-state index is 0.176. The van der Waals surface area contributed by atoms with Crippen LogP contribution in [-0.4, -0.2) is 68.4 Å². The topological polar surface area (TPSA) is 139 Å². The largest absolute Gasteiger partial charge is 0.497 e. The summed E-state index contributed by atoms with van der Waals surface area (Å²) in [7, 11) is 3.07. The SMILES string of the molecule is COc1ccc(CN2C(=O)[C@@H](NC(=O)O)[C@@H]2Cn2ncc(CO)n2)c(OC)c1. The van der Waals surface area contributed by atoms with Crippen LogP contribution in [0.3, 0.4) is 0 Å². The number of nitrogens with one attached hydrogen (secondary N) is 1. The Labute approximate surface area is 160 Å². The van der Waals surface area contributed by atoms with Gasteiger partial charge in [0.05, 0.1) is 39.6 Å². The van der Waals surface area contributed by atoms with Gasteiger partial charge in [0.15, 0.2) is 0 Å².